The smallest absolute Gasteiger partial charge is 0.0895 e. The summed E-state index contributed by atoms with van der Waals surface area (Å²) in [5, 5.41) is 0. The van der Waals surface area contributed by atoms with E-state index in [-0.39, 0.29) is 0 Å². The van der Waals surface area contributed by atoms with Gasteiger partial charge in [0.15, 0.2) is 0 Å². The van der Waals surface area contributed by atoms with Gasteiger partial charge in [-0.1, -0.05) is 48.5 Å². The van der Waals surface area contributed by atoms with E-state index in [1.165, 1.54) is 11.1 Å². The summed E-state index contributed by atoms with van der Waals surface area (Å²) in [5.41, 5.74) is 3.60. The predicted molar refractivity (Wildman–Crippen MR) is 80.8 cm³/mol. The zero-order chi connectivity index (χ0) is 13.1. The summed E-state index contributed by atoms with van der Waals surface area (Å²) in [7, 11) is 0. The second-order valence-corrected chi connectivity index (χ2v) is 5.07. The second-order valence-electron chi connectivity index (χ2n) is 4.59. The standard InChI is InChI=1S/C16H15ClN2/c17-19-12-15(14-7-3-1-4-8-14)11-18(13-19)16-9-5-2-6-10-16/h1-11H,12-13H2. The number of halogens is 1. The molecule has 0 radical (unpaired) electrons. The molecular weight excluding hydrogens is 256 g/mol. The number of hydrogen-bond acceptors (Lipinski definition) is 2. The number of para-hydroxylation sites is 1. The Morgan fingerprint density at radius 2 is 1.47 bits per heavy atom. The molecule has 0 saturated heterocycles. The van der Waals surface area contributed by atoms with Crippen LogP contribution < -0.4 is 4.90 Å². The monoisotopic (exact) mass is 270 g/mol. The van der Waals surface area contributed by atoms with Crippen LogP contribution in [-0.2, 0) is 0 Å². The van der Waals surface area contributed by atoms with Gasteiger partial charge in [0.05, 0.1) is 6.67 Å². The van der Waals surface area contributed by atoms with E-state index in [0.717, 1.165) is 12.2 Å². The van der Waals surface area contributed by atoms with E-state index in [2.05, 4.69) is 47.5 Å². The molecule has 0 unspecified atom stereocenters. The van der Waals surface area contributed by atoms with Gasteiger partial charge < -0.3 is 4.90 Å². The summed E-state index contributed by atoms with van der Waals surface area (Å²) in [4.78, 5) is 2.17. The van der Waals surface area contributed by atoms with Gasteiger partial charge in [0, 0.05) is 18.4 Å². The summed E-state index contributed by atoms with van der Waals surface area (Å²) in [6.45, 7) is 1.46. The summed E-state index contributed by atoms with van der Waals surface area (Å²) >= 11 is 6.26. The molecule has 1 aliphatic heterocycles. The third-order valence-electron chi connectivity index (χ3n) is 3.19. The SMILES string of the molecule is ClN1CC(c2ccccc2)=CN(c2ccccc2)C1. The minimum absolute atomic E-state index is 0.696. The first kappa shape index (κ1) is 12.3. The maximum absolute atomic E-state index is 6.26. The molecule has 3 rings (SSSR count). The predicted octanol–water partition coefficient (Wildman–Crippen LogP) is 3.96. The van der Waals surface area contributed by atoms with Crippen LogP contribution in [-0.4, -0.2) is 17.6 Å². The molecule has 2 aromatic carbocycles. The van der Waals surface area contributed by atoms with Crippen molar-refractivity contribution in [2.45, 2.75) is 0 Å². The number of rotatable bonds is 2. The van der Waals surface area contributed by atoms with E-state index in [4.69, 9.17) is 11.8 Å². The molecule has 0 bridgehead atoms. The molecule has 1 aliphatic rings. The number of hydrogen-bond donors (Lipinski definition) is 0. The lowest BCUT2D eigenvalue weighted by atomic mass is 10.1. The van der Waals surface area contributed by atoms with Crippen molar-refractivity contribution in [2.24, 2.45) is 0 Å². The Hall–Kier alpha value is -1.77. The van der Waals surface area contributed by atoms with Crippen LogP contribution in [0.15, 0.2) is 66.9 Å². The lowest BCUT2D eigenvalue weighted by molar-refractivity contribution is 0.501. The van der Waals surface area contributed by atoms with Crippen molar-refractivity contribution in [2.75, 3.05) is 18.1 Å². The number of benzene rings is 2. The Morgan fingerprint density at radius 1 is 0.842 bits per heavy atom. The fourth-order valence-corrected chi connectivity index (χ4v) is 2.51. The fourth-order valence-electron chi connectivity index (χ4n) is 2.26. The molecule has 0 spiro atoms. The molecule has 19 heavy (non-hydrogen) atoms. The summed E-state index contributed by atoms with van der Waals surface area (Å²) in [6.07, 6.45) is 2.18. The Kier molecular flexibility index (Phi) is 3.53. The maximum Gasteiger partial charge on any atom is 0.0895 e. The van der Waals surface area contributed by atoms with Gasteiger partial charge in [0.1, 0.15) is 0 Å². The van der Waals surface area contributed by atoms with Crippen molar-refractivity contribution >= 4 is 23.0 Å². The van der Waals surface area contributed by atoms with E-state index in [0.29, 0.717) is 6.67 Å². The highest BCUT2D eigenvalue weighted by molar-refractivity contribution is 6.14. The van der Waals surface area contributed by atoms with Crippen LogP contribution >= 0.6 is 11.8 Å². The van der Waals surface area contributed by atoms with Crippen molar-refractivity contribution in [1.82, 2.24) is 4.42 Å². The minimum Gasteiger partial charge on any atom is -0.333 e. The summed E-state index contributed by atoms with van der Waals surface area (Å²) in [6, 6.07) is 20.7. The highest BCUT2D eigenvalue weighted by atomic mass is 35.5. The fraction of sp³-hybridized carbons (Fsp3) is 0.125. The Bertz CT molecular complexity index is 566. The molecule has 0 aromatic heterocycles. The first-order valence-electron chi connectivity index (χ1n) is 6.31. The molecule has 0 fully saturated rings. The van der Waals surface area contributed by atoms with Gasteiger partial charge in [-0.25, -0.2) is 0 Å². The van der Waals surface area contributed by atoms with Crippen molar-refractivity contribution in [3.05, 3.63) is 72.4 Å². The van der Waals surface area contributed by atoms with Gasteiger partial charge in [0.2, 0.25) is 0 Å². The van der Waals surface area contributed by atoms with E-state index >= 15 is 0 Å². The van der Waals surface area contributed by atoms with E-state index in [1.807, 2.05) is 24.3 Å². The molecule has 0 N–H and O–H groups in total. The second kappa shape index (κ2) is 5.47. The highest BCUT2D eigenvalue weighted by Crippen LogP contribution is 2.25. The Balaban J connectivity index is 1.95. The van der Waals surface area contributed by atoms with Crippen LogP contribution in [0.25, 0.3) is 5.57 Å². The van der Waals surface area contributed by atoms with Crippen molar-refractivity contribution in [3.63, 3.8) is 0 Å². The summed E-state index contributed by atoms with van der Waals surface area (Å²) < 4.78 is 1.80. The first-order valence-corrected chi connectivity index (χ1v) is 6.65. The maximum atomic E-state index is 6.26. The molecule has 0 saturated carbocycles. The minimum atomic E-state index is 0.696. The molecule has 2 aromatic rings. The van der Waals surface area contributed by atoms with Crippen molar-refractivity contribution in [1.29, 1.82) is 0 Å². The van der Waals surface area contributed by atoms with Gasteiger partial charge in [-0.3, -0.25) is 0 Å². The Labute approximate surface area is 118 Å². The summed E-state index contributed by atoms with van der Waals surface area (Å²) in [5.74, 6) is 0. The Morgan fingerprint density at radius 3 is 2.16 bits per heavy atom. The van der Waals surface area contributed by atoms with E-state index < -0.39 is 0 Å². The lowest BCUT2D eigenvalue weighted by Crippen LogP contribution is -2.34. The first-order chi connectivity index (χ1) is 9.33. The zero-order valence-corrected chi connectivity index (χ0v) is 11.3. The molecular formula is C16H15ClN2. The van der Waals surface area contributed by atoms with E-state index in [1.54, 1.807) is 4.42 Å². The molecule has 96 valence electrons. The third-order valence-corrected chi connectivity index (χ3v) is 3.42. The van der Waals surface area contributed by atoms with Gasteiger partial charge in [0.25, 0.3) is 0 Å². The van der Waals surface area contributed by atoms with Crippen LogP contribution in [0.2, 0.25) is 0 Å². The highest BCUT2D eigenvalue weighted by Gasteiger charge is 2.18. The van der Waals surface area contributed by atoms with Crippen LogP contribution in [0.3, 0.4) is 0 Å². The molecule has 0 amide bonds. The van der Waals surface area contributed by atoms with Crippen LogP contribution in [0.1, 0.15) is 5.56 Å². The average molecular weight is 271 g/mol. The molecule has 3 heteroatoms. The van der Waals surface area contributed by atoms with Gasteiger partial charge in [-0.15, -0.1) is 0 Å². The zero-order valence-electron chi connectivity index (χ0n) is 10.5. The third kappa shape index (κ3) is 2.80. The van der Waals surface area contributed by atoms with Gasteiger partial charge >= 0.3 is 0 Å². The number of anilines is 1. The largest absolute Gasteiger partial charge is 0.333 e. The van der Waals surface area contributed by atoms with Crippen LogP contribution in [0, 0.1) is 0 Å². The van der Waals surface area contributed by atoms with Gasteiger partial charge in [-0.05, 0) is 35.0 Å². The molecule has 0 atom stereocenters. The lowest BCUT2D eigenvalue weighted by Gasteiger charge is -2.31. The average Bonchev–Trinajstić information content (AvgIpc) is 2.48. The quantitative estimate of drug-likeness (QED) is 0.762. The molecule has 2 nitrogen and oxygen atoms in total. The van der Waals surface area contributed by atoms with E-state index in [9.17, 15) is 0 Å². The van der Waals surface area contributed by atoms with Crippen LogP contribution in [0.4, 0.5) is 5.69 Å². The normalized spacial score (nSPS) is 16.3. The van der Waals surface area contributed by atoms with Crippen molar-refractivity contribution in [3.8, 4) is 0 Å². The topological polar surface area (TPSA) is 6.48 Å². The van der Waals surface area contributed by atoms with Crippen molar-refractivity contribution < 1.29 is 0 Å². The molecule has 1 heterocycles. The van der Waals surface area contributed by atoms with Crippen LogP contribution in [0.5, 0.6) is 0 Å². The molecule has 0 aliphatic carbocycles. The number of nitrogens with zero attached hydrogens (tertiary/aromatic N) is 2. The van der Waals surface area contributed by atoms with Gasteiger partial charge in [-0.2, -0.15) is 4.42 Å².